The van der Waals surface area contributed by atoms with E-state index in [0.29, 0.717) is 16.3 Å². The predicted octanol–water partition coefficient (Wildman–Crippen LogP) is 2.48. The first-order valence-corrected chi connectivity index (χ1v) is 4.25. The number of aldehydes is 1. The van der Waals surface area contributed by atoms with Gasteiger partial charge in [0.05, 0.1) is 4.92 Å². The Morgan fingerprint density at radius 3 is 2.62 bits per heavy atom. The van der Waals surface area contributed by atoms with Crippen LogP contribution in [0.2, 0.25) is 0 Å². The number of nitrogens with zero attached hydrogens (tertiary/aromatic N) is 1. The number of carbonyl (C=O) groups is 1. The van der Waals surface area contributed by atoms with E-state index in [4.69, 9.17) is 0 Å². The summed E-state index contributed by atoms with van der Waals surface area (Å²) in [6.45, 7) is 1.62. The summed E-state index contributed by atoms with van der Waals surface area (Å²) < 4.78 is 0.575. The molecule has 0 spiro atoms. The summed E-state index contributed by atoms with van der Waals surface area (Å²) in [5, 5.41) is 10.5. The molecule has 5 heteroatoms. The molecule has 68 valence electrons. The van der Waals surface area contributed by atoms with Crippen LogP contribution in [0.5, 0.6) is 0 Å². The van der Waals surface area contributed by atoms with E-state index in [1.54, 1.807) is 13.0 Å². The minimum atomic E-state index is -0.505. The van der Waals surface area contributed by atoms with Crippen molar-refractivity contribution in [3.8, 4) is 0 Å². The summed E-state index contributed by atoms with van der Waals surface area (Å²) in [7, 11) is 0. The van der Waals surface area contributed by atoms with Crippen molar-refractivity contribution < 1.29 is 9.72 Å². The second-order valence-electron chi connectivity index (χ2n) is 2.54. The maximum atomic E-state index is 10.5. The molecule has 0 bridgehead atoms. The molecule has 1 aromatic rings. The number of benzene rings is 1. The van der Waals surface area contributed by atoms with Gasteiger partial charge < -0.3 is 0 Å². The standard InChI is InChI=1S/C8H6BrNO3/c1-5-2-7(9)6(4-11)3-8(5)10(12)13/h2-4H,1H3. The molecule has 0 heterocycles. The van der Waals surface area contributed by atoms with Crippen LogP contribution in [0.3, 0.4) is 0 Å². The molecular weight excluding hydrogens is 238 g/mol. The molecule has 0 fully saturated rings. The van der Waals surface area contributed by atoms with Crippen molar-refractivity contribution in [3.05, 3.63) is 37.8 Å². The fraction of sp³-hybridized carbons (Fsp3) is 0.125. The number of rotatable bonds is 2. The molecular formula is C8H6BrNO3. The number of hydrogen-bond donors (Lipinski definition) is 0. The maximum absolute atomic E-state index is 10.5. The Morgan fingerprint density at radius 2 is 2.15 bits per heavy atom. The van der Waals surface area contributed by atoms with Gasteiger partial charge in [0.1, 0.15) is 0 Å². The molecule has 0 aromatic heterocycles. The SMILES string of the molecule is Cc1cc(Br)c(C=O)cc1[N+](=O)[O-]. The Morgan fingerprint density at radius 1 is 1.54 bits per heavy atom. The minimum Gasteiger partial charge on any atom is -0.298 e. The van der Waals surface area contributed by atoms with Crippen molar-refractivity contribution in [2.75, 3.05) is 0 Å². The molecule has 0 aliphatic rings. The third-order valence-corrected chi connectivity index (χ3v) is 2.33. The highest BCUT2D eigenvalue weighted by Gasteiger charge is 2.13. The number of halogens is 1. The van der Waals surface area contributed by atoms with Crippen LogP contribution in [-0.2, 0) is 0 Å². The van der Waals surface area contributed by atoms with E-state index in [1.165, 1.54) is 6.07 Å². The largest absolute Gasteiger partial charge is 0.298 e. The van der Waals surface area contributed by atoms with Crippen molar-refractivity contribution in [3.63, 3.8) is 0 Å². The van der Waals surface area contributed by atoms with E-state index in [1.807, 2.05) is 0 Å². The molecule has 0 unspecified atom stereocenters. The third kappa shape index (κ3) is 1.92. The Bertz CT molecular complexity index is 376. The molecule has 13 heavy (non-hydrogen) atoms. The lowest BCUT2D eigenvalue weighted by Gasteiger charge is -1.99. The van der Waals surface area contributed by atoms with Gasteiger partial charge in [-0.1, -0.05) is 15.9 Å². The van der Waals surface area contributed by atoms with Gasteiger partial charge in [-0.2, -0.15) is 0 Å². The fourth-order valence-corrected chi connectivity index (χ4v) is 1.52. The van der Waals surface area contributed by atoms with Crippen LogP contribution in [-0.4, -0.2) is 11.2 Å². The first-order valence-electron chi connectivity index (χ1n) is 3.46. The van der Waals surface area contributed by atoms with Gasteiger partial charge in [0.15, 0.2) is 6.29 Å². The van der Waals surface area contributed by atoms with E-state index >= 15 is 0 Å². The molecule has 1 aromatic carbocycles. The van der Waals surface area contributed by atoms with Crippen molar-refractivity contribution >= 4 is 27.9 Å². The van der Waals surface area contributed by atoms with Gasteiger partial charge in [0.2, 0.25) is 0 Å². The summed E-state index contributed by atoms with van der Waals surface area (Å²) >= 11 is 3.14. The Kier molecular flexibility index (Phi) is 2.77. The molecule has 0 amide bonds. The fourth-order valence-electron chi connectivity index (χ4n) is 0.964. The van der Waals surface area contributed by atoms with Crippen LogP contribution < -0.4 is 0 Å². The van der Waals surface area contributed by atoms with Gasteiger partial charge in [-0.25, -0.2) is 0 Å². The minimum absolute atomic E-state index is 0.0368. The quantitative estimate of drug-likeness (QED) is 0.456. The first kappa shape index (κ1) is 9.85. The van der Waals surface area contributed by atoms with Gasteiger partial charge in [-0.3, -0.25) is 14.9 Å². The molecule has 0 atom stereocenters. The second-order valence-corrected chi connectivity index (χ2v) is 3.39. The van der Waals surface area contributed by atoms with E-state index in [-0.39, 0.29) is 11.3 Å². The Balaban J connectivity index is 3.38. The average molecular weight is 244 g/mol. The Labute approximate surface area is 82.8 Å². The zero-order chi connectivity index (χ0) is 10.0. The van der Waals surface area contributed by atoms with Gasteiger partial charge in [0.25, 0.3) is 5.69 Å². The van der Waals surface area contributed by atoms with Crippen molar-refractivity contribution in [1.82, 2.24) is 0 Å². The summed E-state index contributed by atoms with van der Waals surface area (Å²) in [5.41, 5.74) is 0.782. The van der Waals surface area contributed by atoms with Crippen LogP contribution in [0.1, 0.15) is 15.9 Å². The summed E-state index contributed by atoms with van der Waals surface area (Å²) in [4.78, 5) is 20.4. The van der Waals surface area contributed by atoms with Crippen LogP contribution in [0.25, 0.3) is 0 Å². The zero-order valence-electron chi connectivity index (χ0n) is 6.78. The van der Waals surface area contributed by atoms with Crippen molar-refractivity contribution in [1.29, 1.82) is 0 Å². The van der Waals surface area contributed by atoms with Gasteiger partial charge in [-0.15, -0.1) is 0 Å². The number of nitro benzene ring substituents is 1. The highest BCUT2D eigenvalue weighted by molar-refractivity contribution is 9.10. The third-order valence-electron chi connectivity index (χ3n) is 1.64. The summed E-state index contributed by atoms with van der Waals surface area (Å²) in [5.74, 6) is 0. The lowest BCUT2D eigenvalue weighted by Crippen LogP contribution is -1.94. The Hall–Kier alpha value is -1.23. The predicted molar refractivity (Wildman–Crippen MR) is 50.9 cm³/mol. The van der Waals surface area contributed by atoms with Gasteiger partial charge in [-0.05, 0) is 13.0 Å². The van der Waals surface area contributed by atoms with Crippen LogP contribution in [0.15, 0.2) is 16.6 Å². The van der Waals surface area contributed by atoms with E-state index in [9.17, 15) is 14.9 Å². The van der Waals surface area contributed by atoms with E-state index in [2.05, 4.69) is 15.9 Å². The highest BCUT2D eigenvalue weighted by atomic mass is 79.9. The maximum Gasteiger partial charge on any atom is 0.273 e. The van der Waals surface area contributed by atoms with Crippen molar-refractivity contribution in [2.24, 2.45) is 0 Å². The molecule has 0 aliphatic carbocycles. The second kappa shape index (κ2) is 3.66. The molecule has 0 aliphatic heterocycles. The molecule has 1 rings (SSSR count). The van der Waals surface area contributed by atoms with Crippen LogP contribution in [0.4, 0.5) is 5.69 Å². The summed E-state index contributed by atoms with van der Waals surface area (Å²) in [6, 6.07) is 2.81. The van der Waals surface area contributed by atoms with Gasteiger partial charge >= 0.3 is 0 Å². The smallest absolute Gasteiger partial charge is 0.273 e. The topological polar surface area (TPSA) is 60.2 Å². The zero-order valence-corrected chi connectivity index (χ0v) is 8.37. The number of hydrogen-bond acceptors (Lipinski definition) is 3. The number of aryl methyl sites for hydroxylation is 1. The number of carbonyl (C=O) groups excluding carboxylic acids is 1. The normalized spacial score (nSPS) is 9.69. The molecule has 4 nitrogen and oxygen atoms in total. The summed E-state index contributed by atoms with van der Waals surface area (Å²) in [6.07, 6.45) is 0.580. The molecule has 0 saturated heterocycles. The van der Waals surface area contributed by atoms with E-state index in [0.717, 1.165) is 0 Å². The van der Waals surface area contributed by atoms with E-state index < -0.39 is 4.92 Å². The lowest BCUT2D eigenvalue weighted by molar-refractivity contribution is -0.385. The van der Waals surface area contributed by atoms with Crippen LogP contribution in [0, 0.1) is 17.0 Å². The molecule has 0 radical (unpaired) electrons. The monoisotopic (exact) mass is 243 g/mol. The molecule has 0 N–H and O–H groups in total. The molecule has 0 saturated carbocycles. The number of nitro groups is 1. The van der Waals surface area contributed by atoms with Crippen LogP contribution >= 0.6 is 15.9 Å². The lowest BCUT2D eigenvalue weighted by atomic mass is 10.1. The van der Waals surface area contributed by atoms with Gasteiger partial charge in [0, 0.05) is 21.7 Å². The van der Waals surface area contributed by atoms with Crippen molar-refractivity contribution in [2.45, 2.75) is 6.92 Å². The highest BCUT2D eigenvalue weighted by Crippen LogP contribution is 2.25. The first-order chi connectivity index (χ1) is 6.06. The average Bonchev–Trinajstić information content (AvgIpc) is 2.03.